The van der Waals surface area contributed by atoms with Crippen LogP contribution in [0.2, 0.25) is 0 Å². The molecular weight excluding hydrogens is 359 g/mol. The van der Waals surface area contributed by atoms with Crippen LogP contribution in [0.5, 0.6) is 0 Å². The fraction of sp³-hybridized carbons (Fsp3) is 0.533. The normalized spacial score (nSPS) is 13.3. The first-order valence-corrected chi connectivity index (χ1v) is 9.39. The van der Waals surface area contributed by atoms with Crippen molar-refractivity contribution in [3.8, 4) is 0 Å². The topological polar surface area (TPSA) is 87.3 Å². The first-order valence-electron chi connectivity index (χ1n) is 7.74. The van der Waals surface area contributed by atoms with Crippen LogP contribution in [-0.4, -0.2) is 33.3 Å². The lowest BCUT2D eigenvalue weighted by Crippen LogP contribution is -2.38. The number of halogens is 3. The zero-order valence-corrected chi connectivity index (χ0v) is 14.8. The summed E-state index contributed by atoms with van der Waals surface area (Å²) in [6.45, 7) is 3.51. The van der Waals surface area contributed by atoms with E-state index in [4.69, 9.17) is 0 Å². The zero-order valence-electron chi connectivity index (χ0n) is 14.0. The lowest BCUT2D eigenvalue weighted by Gasteiger charge is -2.16. The Morgan fingerprint density at radius 3 is 2.52 bits per heavy atom. The summed E-state index contributed by atoms with van der Waals surface area (Å²) in [7, 11) is -3.26. The molecule has 3 N–H and O–H groups in total. The molecule has 0 saturated carbocycles. The molecule has 0 aliphatic rings. The number of carbonyl (C=O) groups is 1. The first kappa shape index (κ1) is 21.2. The van der Waals surface area contributed by atoms with E-state index < -0.39 is 33.8 Å². The summed E-state index contributed by atoms with van der Waals surface area (Å²) >= 11 is 0. The van der Waals surface area contributed by atoms with E-state index in [9.17, 15) is 26.4 Å². The molecule has 0 fully saturated rings. The van der Waals surface area contributed by atoms with E-state index in [1.165, 1.54) is 19.1 Å². The minimum atomic E-state index is -4.44. The highest BCUT2D eigenvalue weighted by Gasteiger charge is 2.30. The van der Waals surface area contributed by atoms with E-state index in [-0.39, 0.29) is 18.8 Å². The summed E-state index contributed by atoms with van der Waals surface area (Å²) in [5.74, 6) is -0.0184. The molecule has 0 bridgehead atoms. The van der Waals surface area contributed by atoms with Gasteiger partial charge in [-0.25, -0.2) is 17.9 Å². The molecule has 25 heavy (non-hydrogen) atoms. The van der Waals surface area contributed by atoms with Crippen molar-refractivity contribution >= 4 is 16.1 Å². The number of hydrogen-bond donors (Lipinski definition) is 3. The molecule has 0 saturated heterocycles. The summed E-state index contributed by atoms with van der Waals surface area (Å²) in [5.41, 5.74) is -0.442. The van der Waals surface area contributed by atoms with Gasteiger partial charge >= 0.3 is 12.2 Å². The van der Waals surface area contributed by atoms with Gasteiger partial charge in [-0.2, -0.15) is 13.2 Å². The molecule has 142 valence electrons. The third-order valence-corrected chi connectivity index (χ3v) is 4.81. The number of hydrogen-bond acceptors (Lipinski definition) is 3. The van der Waals surface area contributed by atoms with Crippen LogP contribution in [0.3, 0.4) is 0 Å². The summed E-state index contributed by atoms with van der Waals surface area (Å²) < 4.78 is 62.9. The van der Waals surface area contributed by atoms with Gasteiger partial charge in [0.25, 0.3) is 0 Å². The van der Waals surface area contributed by atoms with Crippen LogP contribution in [0.4, 0.5) is 18.0 Å². The monoisotopic (exact) mass is 381 g/mol. The van der Waals surface area contributed by atoms with Gasteiger partial charge < -0.3 is 10.6 Å². The molecular formula is C15H22F3N3O3S. The summed E-state index contributed by atoms with van der Waals surface area (Å²) in [6.07, 6.45) is -4.05. The van der Waals surface area contributed by atoms with Crippen LogP contribution in [0, 0.1) is 0 Å². The highest BCUT2D eigenvalue weighted by molar-refractivity contribution is 7.89. The van der Waals surface area contributed by atoms with Crippen LogP contribution < -0.4 is 15.4 Å². The molecule has 1 unspecified atom stereocenters. The SMILES string of the molecule is CCS(=O)(=O)NCCCNC(=O)NC(C)c1cccc(C(F)(F)F)c1. The standard InChI is InChI=1S/C15H22F3N3O3S/c1-3-25(23,24)20-9-5-8-19-14(22)21-11(2)12-6-4-7-13(10-12)15(16,17)18/h4,6-7,10-11,20H,3,5,8-9H2,1-2H3,(H2,19,21,22). The number of urea groups is 1. The van der Waals surface area contributed by atoms with Crippen molar-refractivity contribution in [1.82, 2.24) is 15.4 Å². The van der Waals surface area contributed by atoms with E-state index in [2.05, 4.69) is 15.4 Å². The number of benzene rings is 1. The average molecular weight is 381 g/mol. The Morgan fingerprint density at radius 1 is 1.24 bits per heavy atom. The molecule has 1 aromatic carbocycles. The fourth-order valence-corrected chi connectivity index (χ4v) is 2.59. The van der Waals surface area contributed by atoms with E-state index >= 15 is 0 Å². The van der Waals surface area contributed by atoms with Gasteiger partial charge in [-0.05, 0) is 38.0 Å². The van der Waals surface area contributed by atoms with Crippen molar-refractivity contribution in [1.29, 1.82) is 0 Å². The first-order chi connectivity index (χ1) is 11.5. The third-order valence-electron chi connectivity index (χ3n) is 3.40. The molecule has 0 radical (unpaired) electrons. The van der Waals surface area contributed by atoms with Crippen molar-refractivity contribution in [3.05, 3.63) is 35.4 Å². The zero-order chi connectivity index (χ0) is 19.1. The molecule has 1 rings (SSSR count). The minimum absolute atomic E-state index is 0.0184. The number of alkyl halides is 3. The Bertz CT molecular complexity index is 678. The summed E-state index contributed by atoms with van der Waals surface area (Å²) in [6, 6.07) is 3.59. The predicted molar refractivity (Wildman–Crippen MR) is 88.5 cm³/mol. The van der Waals surface area contributed by atoms with E-state index in [0.29, 0.717) is 12.0 Å². The van der Waals surface area contributed by atoms with Gasteiger partial charge in [0, 0.05) is 13.1 Å². The van der Waals surface area contributed by atoms with Crippen molar-refractivity contribution in [3.63, 3.8) is 0 Å². The summed E-state index contributed by atoms with van der Waals surface area (Å²) in [5, 5.41) is 5.06. The maximum absolute atomic E-state index is 12.7. The number of rotatable bonds is 8. The van der Waals surface area contributed by atoms with Gasteiger partial charge in [0.1, 0.15) is 0 Å². The highest BCUT2D eigenvalue weighted by Crippen LogP contribution is 2.30. The van der Waals surface area contributed by atoms with Gasteiger partial charge in [-0.3, -0.25) is 0 Å². The molecule has 0 heterocycles. The molecule has 0 aliphatic heterocycles. The second-order valence-corrected chi connectivity index (χ2v) is 7.49. The maximum atomic E-state index is 12.7. The van der Waals surface area contributed by atoms with Crippen molar-refractivity contribution in [2.75, 3.05) is 18.8 Å². The number of nitrogens with one attached hydrogen (secondary N) is 3. The van der Waals surface area contributed by atoms with Crippen LogP contribution in [0.25, 0.3) is 0 Å². The molecule has 0 aromatic heterocycles. The van der Waals surface area contributed by atoms with Crippen molar-refractivity contribution < 1.29 is 26.4 Å². The minimum Gasteiger partial charge on any atom is -0.338 e. The second-order valence-electron chi connectivity index (χ2n) is 5.40. The Labute approximate surface area is 145 Å². The molecule has 0 aliphatic carbocycles. The van der Waals surface area contributed by atoms with Gasteiger partial charge in [0.2, 0.25) is 10.0 Å². The smallest absolute Gasteiger partial charge is 0.338 e. The Morgan fingerprint density at radius 2 is 1.92 bits per heavy atom. The Hall–Kier alpha value is -1.81. The highest BCUT2D eigenvalue weighted by atomic mass is 32.2. The Kier molecular flexibility index (Phi) is 7.68. The Balaban J connectivity index is 2.42. The van der Waals surface area contributed by atoms with E-state index in [1.807, 2.05) is 0 Å². The lowest BCUT2D eigenvalue weighted by molar-refractivity contribution is -0.137. The quantitative estimate of drug-likeness (QED) is 0.604. The van der Waals surface area contributed by atoms with Gasteiger partial charge in [0.05, 0.1) is 17.4 Å². The van der Waals surface area contributed by atoms with E-state index in [0.717, 1.165) is 12.1 Å². The van der Waals surface area contributed by atoms with E-state index in [1.54, 1.807) is 6.92 Å². The maximum Gasteiger partial charge on any atom is 0.416 e. The summed E-state index contributed by atoms with van der Waals surface area (Å²) in [4.78, 5) is 11.7. The largest absolute Gasteiger partial charge is 0.416 e. The fourth-order valence-electron chi connectivity index (χ4n) is 1.94. The molecule has 2 amide bonds. The number of sulfonamides is 1. The molecule has 10 heteroatoms. The van der Waals surface area contributed by atoms with Crippen molar-refractivity contribution in [2.24, 2.45) is 0 Å². The average Bonchev–Trinajstić information content (AvgIpc) is 2.53. The van der Waals surface area contributed by atoms with Crippen molar-refractivity contribution in [2.45, 2.75) is 32.5 Å². The molecule has 1 aromatic rings. The molecule has 1 atom stereocenters. The predicted octanol–water partition coefficient (Wildman–Crippen LogP) is 2.40. The van der Waals surface area contributed by atoms with Crippen LogP contribution in [0.1, 0.15) is 37.4 Å². The lowest BCUT2D eigenvalue weighted by atomic mass is 10.1. The third kappa shape index (κ3) is 7.74. The van der Waals surface area contributed by atoms with Crippen LogP contribution in [-0.2, 0) is 16.2 Å². The van der Waals surface area contributed by atoms with Gasteiger partial charge in [-0.15, -0.1) is 0 Å². The van der Waals surface area contributed by atoms with Crippen LogP contribution >= 0.6 is 0 Å². The number of amides is 2. The second kappa shape index (κ2) is 9.04. The molecule has 6 nitrogen and oxygen atoms in total. The number of carbonyl (C=O) groups excluding carboxylic acids is 1. The van der Waals surface area contributed by atoms with Gasteiger partial charge in [-0.1, -0.05) is 12.1 Å². The van der Waals surface area contributed by atoms with Crippen LogP contribution in [0.15, 0.2) is 24.3 Å². The van der Waals surface area contributed by atoms with Gasteiger partial charge in [0.15, 0.2) is 0 Å². The molecule has 0 spiro atoms.